The second kappa shape index (κ2) is 7.77. The van der Waals surface area contributed by atoms with Gasteiger partial charge in [0.2, 0.25) is 0 Å². The Morgan fingerprint density at radius 1 is 1.44 bits per heavy atom. The summed E-state index contributed by atoms with van der Waals surface area (Å²) in [5.74, 6) is -0.157. The number of fused-ring (bicyclic) bond motifs is 1. The number of methoxy groups -OCH3 is 1. The van der Waals surface area contributed by atoms with E-state index in [2.05, 4.69) is 5.32 Å². The molecule has 2 N–H and O–H groups in total. The lowest BCUT2D eigenvalue weighted by molar-refractivity contribution is 0.0389. The van der Waals surface area contributed by atoms with Crippen LogP contribution in [0.2, 0.25) is 5.02 Å². The number of hydrogen-bond donors (Lipinski definition) is 2. The van der Waals surface area contributed by atoms with Crippen LogP contribution in [0, 0.1) is 0 Å². The summed E-state index contributed by atoms with van der Waals surface area (Å²) in [6.07, 6.45) is 6.97. The lowest BCUT2D eigenvalue weighted by atomic mass is 9.98. The molecule has 136 valence electrons. The number of amides is 1. The molecule has 1 saturated carbocycles. The van der Waals surface area contributed by atoms with E-state index in [4.69, 9.17) is 16.3 Å². The smallest absolute Gasteiger partial charge is 0.253 e. The van der Waals surface area contributed by atoms with Crippen molar-refractivity contribution in [3.8, 4) is 0 Å². The van der Waals surface area contributed by atoms with Gasteiger partial charge in [-0.2, -0.15) is 0 Å². The van der Waals surface area contributed by atoms with Crippen molar-refractivity contribution in [3.63, 3.8) is 0 Å². The number of carbonyl (C=O) groups excluding carboxylic acids is 1. The first-order valence-electron chi connectivity index (χ1n) is 8.82. The number of carbonyl (C=O) groups is 1. The third-order valence-electron chi connectivity index (χ3n) is 5.04. The predicted molar refractivity (Wildman–Crippen MR) is 98.4 cm³/mol. The zero-order valence-electron chi connectivity index (χ0n) is 14.6. The molecule has 1 aliphatic rings. The van der Waals surface area contributed by atoms with E-state index >= 15 is 0 Å². The second-order valence-electron chi connectivity index (χ2n) is 6.80. The fourth-order valence-electron chi connectivity index (χ4n) is 3.64. The van der Waals surface area contributed by atoms with Gasteiger partial charge in [0, 0.05) is 32.0 Å². The number of rotatable bonds is 7. The van der Waals surface area contributed by atoms with Crippen molar-refractivity contribution in [1.29, 1.82) is 0 Å². The van der Waals surface area contributed by atoms with Crippen molar-refractivity contribution >= 4 is 23.0 Å². The van der Waals surface area contributed by atoms with Crippen LogP contribution in [0.1, 0.15) is 48.2 Å². The first kappa shape index (κ1) is 18.2. The molecule has 1 aliphatic carbocycles. The molecule has 0 saturated heterocycles. The molecule has 0 atom stereocenters. The highest BCUT2D eigenvalue weighted by Crippen LogP contribution is 2.32. The normalized spacial score (nSPS) is 16.4. The second-order valence-corrected chi connectivity index (χ2v) is 7.21. The van der Waals surface area contributed by atoms with Gasteiger partial charge in [-0.15, -0.1) is 0 Å². The van der Waals surface area contributed by atoms with Crippen LogP contribution in [0.25, 0.3) is 5.52 Å². The average molecular weight is 365 g/mol. The molecule has 2 heterocycles. The molecule has 0 aromatic carbocycles. The van der Waals surface area contributed by atoms with Gasteiger partial charge in [0.1, 0.15) is 0 Å². The molecule has 0 unspecified atom stereocenters. The van der Waals surface area contributed by atoms with Crippen LogP contribution in [0.5, 0.6) is 0 Å². The van der Waals surface area contributed by atoms with E-state index < -0.39 is 5.60 Å². The van der Waals surface area contributed by atoms with Crippen LogP contribution in [0.4, 0.5) is 0 Å². The number of pyridine rings is 1. The summed E-state index contributed by atoms with van der Waals surface area (Å²) in [7, 11) is 1.66. The minimum absolute atomic E-state index is 0.157. The average Bonchev–Trinajstić information content (AvgIpc) is 3.18. The van der Waals surface area contributed by atoms with Crippen molar-refractivity contribution in [2.45, 2.75) is 44.1 Å². The number of halogens is 1. The Labute approximate surface area is 152 Å². The SMILES string of the molecule is COCCc1cc(C(=O)NCCC2(O)CCCC2)c2c(Cl)cccn12. The van der Waals surface area contributed by atoms with Gasteiger partial charge in [-0.25, -0.2) is 0 Å². The molecule has 0 radical (unpaired) electrons. The summed E-state index contributed by atoms with van der Waals surface area (Å²) in [6, 6.07) is 5.53. The molecule has 2 aromatic rings. The number of nitrogens with zero attached hydrogens (tertiary/aromatic N) is 1. The van der Waals surface area contributed by atoms with Crippen molar-refractivity contribution in [1.82, 2.24) is 9.72 Å². The Hall–Kier alpha value is -1.56. The molecule has 1 fully saturated rings. The van der Waals surface area contributed by atoms with Gasteiger partial charge < -0.3 is 19.6 Å². The number of nitrogens with one attached hydrogen (secondary N) is 1. The largest absolute Gasteiger partial charge is 0.390 e. The molecule has 0 bridgehead atoms. The Bertz CT molecular complexity index is 750. The van der Waals surface area contributed by atoms with E-state index in [0.29, 0.717) is 42.1 Å². The van der Waals surface area contributed by atoms with Gasteiger partial charge >= 0.3 is 0 Å². The van der Waals surface area contributed by atoms with E-state index in [0.717, 1.165) is 31.4 Å². The van der Waals surface area contributed by atoms with Crippen LogP contribution in [-0.4, -0.2) is 41.3 Å². The highest BCUT2D eigenvalue weighted by molar-refractivity contribution is 6.34. The number of hydrogen-bond acceptors (Lipinski definition) is 3. The standard InChI is InChI=1S/C19H25ClN2O3/c1-25-12-6-14-13-15(17-16(20)5-4-11-22(14)17)18(23)21-10-9-19(24)7-2-3-8-19/h4-5,11,13,24H,2-3,6-10,12H2,1H3,(H,21,23). The Balaban J connectivity index is 1.76. The summed E-state index contributed by atoms with van der Waals surface area (Å²) >= 11 is 6.34. The summed E-state index contributed by atoms with van der Waals surface area (Å²) in [5, 5.41) is 13.9. The van der Waals surface area contributed by atoms with Crippen molar-refractivity contribution in [2.24, 2.45) is 0 Å². The summed E-state index contributed by atoms with van der Waals surface area (Å²) in [4.78, 5) is 12.7. The van der Waals surface area contributed by atoms with Gasteiger partial charge in [-0.3, -0.25) is 4.79 Å². The Morgan fingerprint density at radius 2 is 2.20 bits per heavy atom. The molecule has 25 heavy (non-hydrogen) atoms. The molecule has 5 nitrogen and oxygen atoms in total. The Kier molecular flexibility index (Phi) is 5.67. The maximum Gasteiger partial charge on any atom is 0.253 e. The number of ether oxygens (including phenoxy) is 1. The first-order chi connectivity index (χ1) is 12.0. The fraction of sp³-hybridized carbons (Fsp3) is 0.526. The highest BCUT2D eigenvalue weighted by atomic mass is 35.5. The topological polar surface area (TPSA) is 63.0 Å². The molecule has 3 rings (SSSR count). The molecule has 0 spiro atoms. The number of aromatic nitrogens is 1. The first-order valence-corrected chi connectivity index (χ1v) is 9.20. The van der Waals surface area contributed by atoms with Crippen LogP contribution in [-0.2, 0) is 11.2 Å². The van der Waals surface area contributed by atoms with Gasteiger partial charge in [0.25, 0.3) is 5.91 Å². The lowest BCUT2D eigenvalue weighted by Gasteiger charge is -2.21. The minimum Gasteiger partial charge on any atom is -0.390 e. The highest BCUT2D eigenvalue weighted by Gasteiger charge is 2.30. The van der Waals surface area contributed by atoms with Gasteiger partial charge in [0.05, 0.1) is 28.3 Å². The van der Waals surface area contributed by atoms with E-state index in [-0.39, 0.29) is 5.91 Å². The summed E-state index contributed by atoms with van der Waals surface area (Å²) in [5.41, 5.74) is 1.65. The van der Waals surface area contributed by atoms with Crippen LogP contribution < -0.4 is 5.32 Å². The zero-order valence-corrected chi connectivity index (χ0v) is 15.3. The predicted octanol–water partition coefficient (Wildman–Crippen LogP) is 3.21. The van der Waals surface area contributed by atoms with Gasteiger partial charge in [-0.05, 0) is 37.5 Å². The summed E-state index contributed by atoms with van der Waals surface area (Å²) < 4.78 is 7.10. The van der Waals surface area contributed by atoms with Crippen molar-refractivity contribution in [3.05, 3.63) is 40.7 Å². The van der Waals surface area contributed by atoms with E-state index in [1.54, 1.807) is 13.2 Å². The molecule has 0 aliphatic heterocycles. The molecule has 6 heteroatoms. The van der Waals surface area contributed by atoms with Gasteiger partial charge in [-0.1, -0.05) is 24.4 Å². The summed E-state index contributed by atoms with van der Waals surface area (Å²) in [6.45, 7) is 1.04. The van der Waals surface area contributed by atoms with Crippen molar-refractivity contribution in [2.75, 3.05) is 20.3 Å². The van der Waals surface area contributed by atoms with E-state index in [9.17, 15) is 9.90 Å². The Morgan fingerprint density at radius 3 is 2.92 bits per heavy atom. The molecule has 2 aromatic heterocycles. The number of aliphatic hydroxyl groups is 1. The monoisotopic (exact) mass is 364 g/mol. The molecule has 1 amide bonds. The maximum atomic E-state index is 12.7. The molecular formula is C19H25ClN2O3. The van der Waals surface area contributed by atoms with Gasteiger partial charge in [0.15, 0.2) is 0 Å². The third-order valence-corrected chi connectivity index (χ3v) is 5.34. The van der Waals surface area contributed by atoms with E-state index in [1.807, 2.05) is 22.7 Å². The van der Waals surface area contributed by atoms with Crippen LogP contribution >= 0.6 is 11.6 Å². The van der Waals surface area contributed by atoms with E-state index in [1.165, 1.54) is 0 Å². The van der Waals surface area contributed by atoms with Crippen LogP contribution in [0.3, 0.4) is 0 Å². The third kappa shape index (κ3) is 4.00. The minimum atomic E-state index is -0.614. The lowest BCUT2D eigenvalue weighted by Crippen LogP contribution is -2.32. The van der Waals surface area contributed by atoms with Crippen molar-refractivity contribution < 1.29 is 14.6 Å². The zero-order chi connectivity index (χ0) is 17.9. The maximum absolute atomic E-state index is 12.7. The van der Waals surface area contributed by atoms with Crippen LogP contribution in [0.15, 0.2) is 24.4 Å². The fourth-order valence-corrected chi connectivity index (χ4v) is 3.91. The quantitative estimate of drug-likeness (QED) is 0.793. The molecular weight excluding hydrogens is 340 g/mol.